The van der Waals surface area contributed by atoms with Gasteiger partial charge in [-0.05, 0) is 39.2 Å². The zero-order valence-corrected chi connectivity index (χ0v) is 13.5. The molecule has 4 nitrogen and oxygen atoms in total. The van der Waals surface area contributed by atoms with E-state index in [4.69, 9.17) is 0 Å². The number of rotatable bonds is 9. The molecular weight excluding hydrogens is 248 g/mol. The molecular formula is C13H30N2O2S. The Bertz CT molecular complexity index is 324. The second kappa shape index (κ2) is 7.46. The third kappa shape index (κ3) is 9.85. The molecule has 0 aliphatic heterocycles. The summed E-state index contributed by atoms with van der Waals surface area (Å²) in [6.07, 6.45) is 4.32. The maximum Gasteiger partial charge on any atom is 0.209 e. The third-order valence-corrected chi connectivity index (χ3v) is 3.70. The zero-order chi connectivity index (χ0) is 14.4. The van der Waals surface area contributed by atoms with Crippen molar-refractivity contribution < 1.29 is 8.42 Å². The summed E-state index contributed by atoms with van der Waals surface area (Å²) in [5, 5.41) is 3.44. The van der Waals surface area contributed by atoms with Gasteiger partial charge in [-0.15, -0.1) is 0 Å². The molecule has 110 valence electrons. The maximum atomic E-state index is 11.3. The molecule has 0 aromatic carbocycles. The molecule has 1 unspecified atom stereocenters. The Kier molecular flexibility index (Phi) is 7.40. The summed E-state index contributed by atoms with van der Waals surface area (Å²) in [5.41, 5.74) is -0.383. The van der Waals surface area contributed by atoms with E-state index in [0.717, 1.165) is 25.8 Å². The van der Waals surface area contributed by atoms with Crippen molar-refractivity contribution >= 4 is 10.0 Å². The normalized spacial score (nSPS) is 15.1. The maximum absolute atomic E-state index is 11.3. The first-order valence-corrected chi connectivity index (χ1v) is 8.67. The predicted octanol–water partition coefficient (Wildman–Crippen LogP) is 2.12. The SMILES string of the molecule is CCCC(CNC(C)C)CC(C)(C)NS(C)(=O)=O. The number of nitrogens with one attached hydrogen (secondary N) is 2. The van der Waals surface area contributed by atoms with Gasteiger partial charge in [0.15, 0.2) is 0 Å². The number of hydrogen-bond acceptors (Lipinski definition) is 3. The summed E-state index contributed by atoms with van der Waals surface area (Å²) in [4.78, 5) is 0. The first-order valence-electron chi connectivity index (χ1n) is 6.78. The van der Waals surface area contributed by atoms with Crippen LogP contribution in [0.3, 0.4) is 0 Å². The van der Waals surface area contributed by atoms with Crippen LogP contribution in [0, 0.1) is 5.92 Å². The van der Waals surface area contributed by atoms with Crippen LogP contribution in [0.2, 0.25) is 0 Å². The van der Waals surface area contributed by atoms with Gasteiger partial charge in [0.1, 0.15) is 0 Å². The summed E-state index contributed by atoms with van der Waals surface area (Å²) in [7, 11) is -3.14. The monoisotopic (exact) mass is 278 g/mol. The second-order valence-corrected chi connectivity index (χ2v) is 7.93. The molecule has 0 saturated carbocycles. The minimum atomic E-state index is -3.14. The van der Waals surface area contributed by atoms with Crippen molar-refractivity contribution in [1.82, 2.24) is 10.0 Å². The van der Waals surface area contributed by atoms with Crippen LogP contribution in [-0.4, -0.2) is 32.8 Å². The zero-order valence-electron chi connectivity index (χ0n) is 12.7. The average Bonchev–Trinajstić information content (AvgIpc) is 2.09. The smallest absolute Gasteiger partial charge is 0.209 e. The quantitative estimate of drug-likeness (QED) is 0.679. The van der Waals surface area contributed by atoms with Crippen molar-refractivity contribution in [2.75, 3.05) is 12.8 Å². The molecule has 0 rings (SSSR count). The van der Waals surface area contributed by atoms with Crippen LogP contribution in [-0.2, 0) is 10.0 Å². The van der Waals surface area contributed by atoms with Crippen LogP contribution < -0.4 is 10.0 Å². The van der Waals surface area contributed by atoms with Crippen molar-refractivity contribution in [2.45, 2.75) is 65.5 Å². The van der Waals surface area contributed by atoms with Gasteiger partial charge in [0, 0.05) is 11.6 Å². The minimum Gasteiger partial charge on any atom is -0.314 e. The molecule has 1 atom stereocenters. The van der Waals surface area contributed by atoms with Crippen LogP contribution in [0.4, 0.5) is 0 Å². The molecule has 18 heavy (non-hydrogen) atoms. The summed E-state index contributed by atoms with van der Waals surface area (Å²) in [5.74, 6) is 0.502. The molecule has 0 bridgehead atoms. The van der Waals surface area contributed by atoms with Crippen LogP contribution >= 0.6 is 0 Å². The van der Waals surface area contributed by atoms with Gasteiger partial charge in [-0.2, -0.15) is 0 Å². The Hall–Kier alpha value is -0.130. The summed E-state index contributed by atoms with van der Waals surface area (Å²) in [6.45, 7) is 11.3. The lowest BCUT2D eigenvalue weighted by atomic mass is 9.88. The summed E-state index contributed by atoms with van der Waals surface area (Å²) in [6, 6.07) is 0.468. The molecule has 0 heterocycles. The largest absolute Gasteiger partial charge is 0.314 e. The lowest BCUT2D eigenvalue weighted by Gasteiger charge is -2.30. The Balaban J connectivity index is 4.45. The van der Waals surface area contributed by atoms with Gasteiger partial charge in [0.2, 0.25) is 10.0 Å². The second-order valence-electron chi connectivity index (χ2n) is 6.18. The van der Waals surface area contributed by atoms with Crippen LogP contribution in [0.15, 0.2) is 0 Å². The van der Waals surface area contributed by atoms with Gasteiger partial charge in [-0.1, -0.05) is 27.2 Å². The van der Waals surface area contributed by atoms with Gasteiger partial charge in [-0.25, -0.2) is 13.1 Å². The lowest BCUT2D eigenvalue weighted by molar-refractivity contribution is 0.303. The van der Waals surface area contributed by atoms with Crippen molar-refractivity contribution in [1.29, 1.82) is 0 Å². The van der Waals surface area contributed by atoms with Gasteiger partial charge < -0.3 is 5.32 Å². The molecule has 0 aliphatic rings. The van der Waals surface area contributed by atoms with E-state index < -0.39 is 10.0 Å². The molecule has 5 heteroatoms. The highest BCUT2D eigenvalue weighted by atomic mass is 32.2. The molecule has 0 amide bonds. The molecule has 0 fully saturated rings. The van der Waals surface area contributed by atoms with Crippen LogP contribution in [0.1, 0.15) is 53.9 Å². The Labute approximate surface area is 113 Å². The van der Waals surface area contributed by atoms with Crippen molar-refractivity contribution in [3.8, 4) is 0 Å². The fourth-order valence-electron chi connectivity index (χ4n) is 2.35. The minimum absolute atomic E-state index is 0.383. The molecule has 2 N–H and O–H groups in total. The van der Waals surface area contributed by atoms with E-state index in [-0.39, 0.29) is 5.54 Å². The van der Waals surface area contributed by atoms with E-state index in [9.17, 15) is 8.42 Å². The Morgan fingerprint density at radius 2 is 1.78 bits per heavy atom. The van der Waals surface area contributed by atoms with E-state index in [1.165, 1.54) is 6.26 Å². The fourth-order valence-corrected chi connectivity index (χ4v) is 3.44. The van der Waals surface area contributed by atoms with Gasteiger partial charge in [-0.3, -0.25) is 0 Å². The number of sulfonamides is 1. The molecule has 0 saturated heterocycles. The molecule has 0 radical (unpaired) electrons. The Morgan fingerprint density at radius 3 is 2.17 bits per heavy atom. The van der Waals surface area contributed by atoms with E-state index in [2.05, 4.69) is 30.8 Å². The van der Waals surface area contributed by atoms with E-state index >= 15 is 0 Å². The first-order chi connectivity index (χ1) is 8.06. The number of hydrogen-bond donors (Lipinski definition) is 2. The summed E-state index contributed by atoms with van der Waals surface area (Å²) >= 11 is 0. The average molecular weight is 278 g/mol. The van der Waals surface area contributed by atoms with Crippen LogP contribution in [0.25, 0.3) is 0 Å². The van der Waals surface area contributed by atoms with Crippen LogP contribution in [0.5, 0.6) is 0 Å². The first kappa shape index (κ1) is 17.9. The topological polar surface area (TPSA) is 58.2 Å². The van der Waals surface area contributed by atoms with E-state index in [1.54, 1.807) is 0 Å². The van der Waals surface area contributed by atoms with Gasteiger partial charge in [0.25, 0.3) is 0 Å². The molecule has 0 aromatic heterocycles. The van der Waals surface area contributed by atoms with Gasteiger partial charge in [0.05, 0.1) is 6.26 Å². The predicted molar refractivity (Wildman–Crippen MR) is 78.2 cm³/mol. The van der Waals surface area contributed by atoms with E-state index in [1.807, 2.05) is 13.8 Å². The van der Waals surface area contributed by atoms with E-state index in [0.29, 0.717) is 12.0 Å². The lowest BCUT2D eigenvalue weighted by Crippen LogP contribution is -2.45. The molecule has 0 spiro atoms. The highest BCUT2D eigenvalue weighted by molar-refractivity contribution is 7.88. The third-order valence-electron chi connectivity index (χ3n) is 2.77. The van der Waals surface area contributed by atoms with Gasteiger partial charge >= 0.3 is 0 Å². The summed E-state index contributed by atoms with van der Waals surface area (Å²) < 4.78 is 25.4. The highest BCUT2D eigenvalue weighted by Gasteiger charge is 2.26. The molecule has 0 aliphatic carbocycles. The van der Waals surface area contributed by atoms with Crippen molar-refractivity contribution in [3.05, 3.63) is 0 Å². The Morgan fingerprint density at radius 1 is 1.22 bits per heavy atom. The standard InChI is InChI=1S/C13H30N2O2S/c1-7-8-12(10-14-11(2)3)9-13(4,5)15-18(6,16)17/h11-12,14-15H,7-10H2,1-6H3. The van der Waals surface area contributed by atoms with Crippen molar-refractivity contribution in [3.63, 3.8) is 0 Å². The fraction of sp³-hybridized carbons (Fsp3) is 1.00. The molecule has 0 aromatic rings. The van der Waals surface area contributed by atoms with Crippen molar-refractivity contribution in [2.24, 2.45) is 5.92 Å². The highest BCUT2D eigenvalue weighted by Crippen LogP contribution is 2.21.